The Bertz CT molecular complexity index is 623. The normalized spacial score (nSPS) is 23.8. The molecule has 7 nitrogen and oxygen atoms in total. The number of halogens is 4. The molecule has 2 aliphatic heterocycles. The van der Waals surface area contributed by atoms with Crippen LogP contribution < -0.4 is 0 Å². The highest BCUT2D eigenvalue weighted by atomic mass is 19.3. The van der Waals surface area contributed by atoms with Crippen molar-refractivity contribution in [2.45, 2.75) is 51.1 Å². The maximum Gasteiger partial charge on any atom is 0.410 e. The van der Waals surface area contributed by atoms with Gasteiger partial charge in [-0.05, 0) is 33.6 Å². The SMILES string of the molecule is CC(C)(C)OC(=O)N1CCC(C(=O)O)(C(=O)N2CC(F)(F)C(F)(F)C2)CC1. The Morgan fingerprint density at radius 3 is 1.74 bits per heavy atom. The third kappa shape index (κ3) is 3.96. The Hall–Kier alpha value is -2.07. The summed E-state index contributed by atoms with van der Waals surface area (Å²) in [6.45, 7) is 1.52. The lowest BCUT2D eigenvalue weighted by Gasteiger charge is -2.39. The molecule has 2 heterocycles. The second-order valence-corrected chi connectivity index (χ2v) is 7.92. The fourth-order valence-electron chi connectivity index (χ4n) is 3.13. The lowest BCUT2D eigenvalue weighted by atomic mass is 9.77. The topological polar surface area (TPSA) is 87.1 Å². The van der Waals surface area contributed by atoms with Gasteiger partial charge in [0, 0.05) is 13.1 Å². The van der Waals surface area contributed by atoms with Gasteiger partial charge in [0.25, 0.3) is 0 Å². The summed E-state index contributed by atoms with van der Waals surface area (Å²) in [5.74, 6) is -11.7. The summed E-state index contributed by atoms with van der Waals surface area (Å²) in [5, 5.41) is 9.53. The van der Waals surface area contributed by atoms with Crippen LogP contribution in [-0.4, -0.2) is 76.5 Å². The van der Waals surface area contributed by atoms with Gasteiger partial charge in [0.15, 0.2) is 0 Å². The van der Waals surface area contributed by atoms with E-state index in [0.717, 1.165) is 0 Å². The maximum absolute atomic E-state index is 13.4. The Labute approximate surface area is 153 Å². The van der Waals surface area contributed by atoms with Gasteiger partial charge >= 0.3 is 23.9 Å². The van der Waals surface area contributed by atoms with Crippen molar-refractivity contribution in [1.29, 1.82) is 0 Å². The molecule has 0 bridgehead atoms. The largest absolute Gasteiger partial charge is 0.480 e. The molecule has 0 aliphatic carbocycles. The highest BCUT2D eigenvalue weighted by molar-refractivity contribution is 6.02. The van der Waals surface area contributed by atoms with Crippen LogP contribution in [-0.2, 0) is 14.3 Å². The molecule has 0 aromatic carbocycles. The first kappa shape index (κ1) is 21.2. The lowest BCUT2D eigenvalue weighted by molar-refractivity contribution is -0.172. The molecule has 2 amide bonds. The van der Waals surface area contributed by atoms with Crippen LogP contribution in [0.1, 0.15) is 33.6 Å². The van der Waals surface area contributed by atoms with E-state index in [1.807, 2.05) is 0 Å². The van der Waals surface area contributed by atoms with Crippen molar-refractivity contribution in [1.82, 2.24) is 9.80 Å². The van der Waals surface area contributed by atoms with Crippen LogP contribution in [0.5, 0.6) is 0 Å². The van der Waals surface area contributed by atoms with Gasteiger partial charge in [-0.3, -0.25) is 9.59 Å². The predicted molar refractivity (Wildman–Crippen MR) is 83.6 cm³/mol. The molecule has 0 atom stereocenters. The molecule has 154 valence electrons. The van der Waals surface area contributed by atoms with Gasteiger partial charge in [0.05, 0.1) is 13.1 Å². The third-order valence-electron chi connectivity index (χ3n) is 4.69. The van der Waals surface area contributed by atoms with Crippen molar-refractivity contribution in [3.63, 3.8) is 0 Å². The number of carboxylic acid groups (broad SMARTS) is 1. The van der Waals surface area contributed by atoms with Crippen LogP contribution in [0.25, 0.3) is 0 Å². The van der Waals surface area contributed by atoms with Gasteiger partial charge in [0.1, 0.15) is 11.0 Å². The number of ether oxygens (including phenoxy) is 1. The number of carbonyl (C=O) groups excluding carboxylic acids is 2. The summed E-state index contributed by atoms with van der Waals surface area (Å²) < 4.78 is 58.7. The van der Waals surface area contributed by atoms with Crippen molar-refractivity contribution >= 4 is 18.0 Å². The second-order valence-electron chi connectivity index (χ2n) is 7.92. The van der Waals surface area contributed by atoms with E-state index in [1.54, 1.807) is 20.8 Å². The van der Waals surface area contributed by atoms with E-state index < -0.39 is 53.9 Å². The first-order valence-electron chi connectivity index (χ1n) is 8.38. The van der Waals surface area contributed by atoms with E-state index in [4.69, 9.17) is 4.74 Å². The Balaban J connectivity index is 2.14. The molecule has 0 spiro atoms. The van der Waals surface area contributed by atoms with Gasteiger partial charge < -0.3 is 19.6 Å². The molecule has 11 heteroatoms. The molecule has 0 aromatic heterocycles. The number of likely N-dealkylation sites (tertiary alicyclic amines) is 2. The fraction of sp³-hybridized carbons (Fsp3) is 0.812. The summed E-state index contributed by atoms with van der Waals surface area (Å²) in [6, 6.07) is 0. The average Bonchev–Trinajstić information content (AvgIpc) is 2.72. The molecule has 1 N–H and O–H groups in total. The molecule has 0 saturated carbocycles. The van der Waals surface area contributed by atoms with Gasteiger partial charge in [-0.1, -0.05) is 0 Å². The molecule has 2 aliphatic rings. The predicted octanol–water partition coefficient (Wildman–Crippen LogP) is 2.20. The Kier molecular flexibility index (Phi) is 5.13. The zero-order chi connectivity index (χ0) is 20.8. The number of aliphatic carboxylic acids is 1. The summed E-state index contributed by atoms with van der Waals surface area (Å²) in [6.07, 6.45) is -1.46. The number of carbonyl (C=O) groups is 3. The quantitative estimate of drug-likeness (QED) is 0.569. The number of piperidine rings is 1. The molecule has 0 unspecified atom stereocenters. The first-order chi connectivity index (χ1) is 12.1. The summed E-state index contributed by atoms with van der Waals surface area (Å²) in [5.41, 5.74) is -2.91. The van der Waals surface area contributed by atoms with Crippen LogP contribution >= 0.6 is 0 Å². The first-order valence-corrected chi connectivity index (χ1v) is 8.38. The number of hydrogen-bond donors (Lipinski definition) is 1. The zero-order valence-corrected chi connectivity index (χ0v) is 15.2. The molecule has 2 saturated heterocycles. The summed E-state index contributed by atoms with van der Waals surface area (Å²) in [7, 11) is 0. The monoisotopic (exact) mass is 398 g/mol. The van der Waals surface area contributed by atoms with Crippen molar-refractivity contribution < 1.29 is 41.8 Å². The lowest BCUT2D eigenvalue weighted by Crippen LogP contribution is -2.55. The van der Waals surface area contributed by atoms with Crippen LogP contribution in [0.4, 0.5) is 22.4 Å². The summed E-state index contributed by atoms with van der Waals surface area (Å²) in [4.78, 5) is 37.8. The highest BCUT2D eigenvalue weighted by Gasteiger charge is 2.66. The number of rotatable bonds is 2. The molecule has 2 rings (SSSR count). The molecule has 0 aromatic rings. The number of hydrogen-bond acceptors (Lipinski definition) is 4. The minimum atomic E-state index is -4.42. The summed E-state index contributed by atoms with van der Waals surface area (Å²) >= 11 is 0. The van der Waals surface area contributed by atoms with Gasteiger partial charge in [0.2, 0.25) is 5.91 Å². The highest BCUT2D eigenvalue weighted by Crippen LogP contribution is 2.44. The van der Waals surface area contributed by atoms with Gasteiger partial charge in [-0.2, -0.15) is 17.6 Å². The van der Waals surface area contributed by atoms with Crippen LogP contribution in [0.2, 0.25) is 0 Å². The van der Waals surface area contributed by atoms with E-state index in [2.05, 4.69) is 0 Å². The molecular weight excluding hydrogens is 376 g/mol. The maximum atomic E-state index is 13.4. The molecule has 27 heavy (non-hydrogen) atoms. The Morgan fingerprint density at radius 2 is 1.37 bits per heavy atom. The Morgan fingerprint density at radius 1 is 0.926 bits per heavy atom. The molecular formula is C16H22F4N2O5. The van der Waals surface area contributed by atoms with Crippen molar-refractivity contribution in [2.24, 2.45) is 5.41 Å². The van der Waals surface area contributed by atoms with Crippen LogP contribution in [0.15, 0.2) is 0 Å². The minimum Gasteiger partial charge on any atom is -0.480 e. The minimum absolute atomic E-state index is 0.173. The zero-order valence-electron chi connectivity index (χ0n) is 15.2. The number of nitrogens with zero attached hydrogens (tertiary/aromatic N) is 2. The van der Waals surface area contributed by atoms with E-state index in [0.29, 0.717) is 0 Å². The standard InChI is InChI=1S/C16H22F4N2O5/c1-13(2,3)27-12(26)21-6-4-14(5-7-21,11(24)25)10(23)22-8-15(17,18)16(19,20)9-22/h4-9H2,1-3H3,(H,24,25). The smallest absolute Gasteiger partial charge is 0.410 e. The molecule has 2 fully saturated rings. The number of amides is 2. The van der Waals surface area contributed by atoms with Crippen molar-refractivity contribution in [2.75, 3.05) is 26.2 Å². The number of carboxylic acids is 1. The third-order valence-corrected chi connectivity index (χ3v) is 4.69. The average molecular weight is 398 g/mol. The van der Waals surface area contributed by atoms with Crippen LogP contribution in [0.3, 0.4) is 0 Å². The van der Waals surface area contributed by atoms with E-state index in [1.165, 1.54) is 4.90 Å². The fourth-order valence-corrected chi connectivity index (χ4v) is 3.13. The second kappa shape index (κ2) is 6.52. The van der Waals surface area contributed by atoms with Gasteiger partial charge in [-0.15, -0.1) is 0 Å². The van der Waals surface area contributed by atoms with Gasteiger partial charge in [-0.25, -0.2) is 4.79 Å². The van der Waals surface area contributed by atoms with E-state index in [9.17, 15) is 37.1 Å². The molecule has 0 radical (unpaired) electrons. The number of alkyl halides is 4. The van der Waals surface area contributed by atoms with Crippen molar-refractivity contribution in [3.05, 3.63) is 0 Å². The van der Waals surface area contributed by atoms with Crippen LogP contribution in [0, 0.1) is 5.41 Å². The van der Waals surface area contributed by atoms with E-state index in [-0.39, 0.29) is 30.8 Å². The van der Waals surface area contributed by atoms with Crippen molar-refractivity contribution in [3.8, 4) is 0 Å². The van der Waals surface area contributed by atoms with E-state index >= 15 is 0 Å².